The first-order valence-electron chi connectivity index (χ1n) is 13.6. The van der Waals surface area contributed by atoms with Gasteiger partial charge in [-0.05, 0) is 24.5 Å². The normalized spacial score (nSPS) is 13.0. The molecular weight excluding hydrogens is 632 g/mol. The van der Waals surface area contributed by atoms with E-state index in [4.69, 9.17) is 21.1 Å². The Morgan fingerprint density at radius 3 is 1.87 bits per heavy atom. The number of hydrogen-bond donors (Lipinski definition) is 7. The molecule has 0 bridgehead atoms. The Hall–Kier alpha value is -4.84. The van der Waals surface area contributed by atoms with Gasteiger partial charge < -0.3 is 41.6 Å². The Balaban J connectivity index is 0.00000170. The third kappa shape index (κ3) is 15.8. The van der Waals surface area contributed by atoms with Crippen molar-refractivity contribution in [3.05, 3.63) is 30.3 Å². The maximum atomic E-state index is 13.1. The van der Waals surface area contributed by atoms with Crippen molar-refractivity contribution in [1.29, 1.82) is 0 Å². The second-order valence-corrected chi connectivity index (χ2v) is 11.0. The molecule has 1 aromatic rings. The number of nitrogens with one attached hydrogen (secondary N) is 2. The van der Waals surface area contributed by atoms with Crippen LogP contribution in [-0.4, -0.2) is 109 Å². The summed E-state index contributed by atoms with van der Waals surface area (Å²) < 4.78 is 0. The summed E-state index contributed by atoms with van der Waals surface area (Å²) in [5.41, 5.74) is 5.45. The van der Waals surface area contributed by atoms with E-state index in [0.29, 0.717) is 5.75 Å². The number of carbonyl (C=O) groups is 9. The van der Waals surface area contributed by atoms with Gasteiger partial charge in [0.15, 0.2) is 0 Å². The van der Waals surface area contributed by atoms with Crippen LogP contribution in [0.15, 0.2) is 35.2 Å². The average molecular weight is 671 g/mol. The van der Waals surface area contributed by atoms with E-state index in [1.165, 1.54) is 13.8 Å². The third-order valence-electron chi connectivity index (χ3n) is 5.84. The van der Waals surface area contributed by atoms with Crippen LogP contribution in [0.4, 0.5) is 0 Å². The zero-order valence-corrected chi connectivity index (χ0v) is 26.1. The standard InChI is InChI=1S/C20H30N4O12.C8H8OS/c1-8(2)16(19(34)24(9(3)25)12(20(35)36)7-15(30)31)23-18(33)11(4-5-13(26)27)22-17(32)10(21)6-14(28)29;9-6-7-10-8-4-2-1-3-5-8/h8,10-12,16H,4-7,21H2,1-3H3,(H,22,32)(H,23,33)(H,26,27)(H,28,29)(H,30,31)(H,35,36);1-6H,7H2. The summed E-state index contributed by atoms with van der Waals surface area (Å²) in [4.78, 5) is 106. The summed E-state index contributed by atoms with van der Waals surface area (Å²) in [6, 6.07) is 3.04. The monoisotopic (exact) mass is 670 g/mol. The summed E-state index contributed by atoms with van der Waals surface area (Å²) in [7, 11) is 0. The fourth-order valence-electron chi connectivity index (χ4n) is 3.64. The zero-order valence-electron chi connectivity index (χ0n) is 25.3. The SMILES string of the molecule is CC(=O)N(C(=O)C(NC(=O)C(CCC(=O)O)NC(=O)C(N)CC(=O)O)C(C)C)C(CC(=O)O)C(=O)O.O=CCSc1ccccc1. The van der Waals surface area contributed by atoms with Gasteiger partial charge in [0.05, 0.1) is 24.6 Å². The highest BCUT2D eigenvalue weighted by Crippen LogP contribution is 2.15. The highest BCUT2D eigenvalue weighted by atomic mass is 32.2. The molecule has 0 aliphatic carbocycles. The van der Waals surface area contributed by atoms with Crippen molar-refractivity contribution in [1.82, 2.24) is 15.5 Å². The Bertz CT molecular complexity index is 1260. The van der Waals surface area contributed by atoms with Gasteiger partial charge in [-0.1, -0.05) is 32.0 Å². The first kappa shape index (κ1) is 41.2. The molecule has 1 rings (SSSR count). The van der Waals surface area contributed by atoms with E-state index in [9.17, 15) is 48.3 Å². The molecule has 0 fully saturated rings. The number of amides is 4. The third-order valence-corrected chi connectivity index (χ3v) is 6.75. The van der Waals surface area contributed by atoms with Crippen molar-refractivity contribution in [3.63, 3.8) is 0 Å². The van der Waals surface area contributed by atoms with Crippen LogP contribution in [-0.2, 0) is 43.2 Å². The quantitative estimate of drug-likeness (QED) is 0.0769. The molecule has 17 nitrogen and oxygen atoms in total. The predicted octanol–water partition coefficient (Wildman–Crippen LogP) is -0.441. The fraction of sp³-hybridized carbons (Fsp3) is 0.464. The first-order valence-corrected chi connectivity index (χ1v) is 14.6. The molecule has 4 unspecified atom stereocenters. The second-order valence-electron chi connectivity index (χ2n) is 9.90. The molecule has 18 heteroatoms. The van der Waals surface area contributed by atoms with E-state index < -0.39 is 103 Å². The van der Waals surface area contributed by atoms with Crippen molar-refractivity contribution < 1.29 is 63.6 Å². The molecule has 1 aromatic carbocycles. The molecule has 0 saturated carbocycles. The van der Waals surface area contributed by atoms with Crippen LogP contribution in [0, 0.1) is 5.92 Å². The Kier molecular flexibility index (Phi) is 18.8. The van der Waals surface area contributed by atoms with Gasteiger partial charge in [0.2, 0.25) is 17.7 Å². The molecular formula is C28H38N4O13S. The van der Waals surface area contributed by atoms with Crippen molar-refractivity contribution in [3.8, 4) is 0 Å². The van der Waals surface area contributed by atoms with Crippen LogP contribution in [0.3, 0.4) is 0 Å². The Morgan fingerprint density at radius 1 is 0.870 bits per heavy atom. The minimum absolute atomic E-state index is 0.189. The number of thioether (sulfide) groups is 1. The number of carboxylic acids is 4. The lowest BCUT2D eigenvalue weighted by Crippen LogP contribution is -2.60. The van der Waals surface area contributed by atoms with Crippen LogP contribution >= 0.6 is 11.8 Å². The van der Waals surface area contributed by atoms with Crippen molar-refractivity contribution in [2.75, 3.05) is 5.75 Å². The lowest BCUT2D eigenvalue weighted by molar-refractivity contribution is -0.161. The maximum Gasteiger partial charge on any atom is 0.327 e. The van der Waals surface area contributed by atoms with Gasteiger partial charge in [-0.2, -0.15) is 0 Å². The van der Waals surface area contributed by atoms with Gasteiger partial charge in [-0.3, -0.25) is 38.5 Å². The number of nitrogens with zero attached hydrogens (tertiary/aromatic N) is 1. The average Bonchev–Trinajstić information content (AvgIpc) is 2.95. The molecule has 0 aliphatic rings. The largest absolute Gasteiger partial charge is 0.481 e. The molecule has 0 radical (unpaired) electrons. The number of hydrogen-bond acceptors (Lipinski definition) is 11. The summed E-state index contributed by atoms with van der Waals surface area (Å²) >= 11 is 1.55. The second kappa shape index (κ2) is 21.0. The molecule has 0 heterocycles. The summed E-state index contributed by atoms with van der Waals surface area (Å²) in [5, 5.41) is 40.4. The van der Waals surface area contributed by atoms with E-state index in [2.05, 4.69) is 10.6 Å². The highest BCUT2D eigenvalue weighted by molar-refractivity contribution is 7.99. The van der Waals surface area contributed by atoms with Crippen molar-refractivity contribution in [2.24, 2.45) is 11.7 Å². The zero-order chi connectivity index (χ0) is 35.6. The van der Waals surface area contributed by atoms with Crippen LogP contribution in [0.1, 0.15) is 46.5 Å². The number of nitrogens with two attached hydrogens (primary N) is 1. The van der Waals surface area contributed by atoms with Gasteiger partial charge in [-0.15, -0.1) is 11.8 Å². The number of aliphatic carboxylic acids is 4. The van der Waals surface area contributed by atoms with Crippen molar-refractivity contribution in [2.45, 2.75) is 75.5 Å². The molecule has 0 spiro atoms. The first-order chi connectivity index (χ1) is 21.4. The van der Waals surface area contributed by atoms with Crippen LogP contribution in [0.2, 0.25) is 0 Å². The summed E-state index contributed by atoms with van der Waals surface area (Å²) in [5.74, 6) is -10.9. The van der Waals surface area contributed by atoms with Crippen LogP contribution in [0.25, 0.3) is 0 Å². The molecule has 254 valence electrons. The van der Waals surface area contributed by atoms with Gasteiger partial charge in [0, 0.05) is 18.2 Å². The van der Waals surface area contributed by atoms with E-state index in [0.717, 1.165) is 18.1 Å². The van der Waals surface area contributed by atoms with Crippen molar-refractivity contribution >= 4 is 65.6 Å². The van der Waals surface area contributed by atoms with E-state index >= 15 is 0 Å². The maximum absolute atomic E-state index is 13.1. The molecule has 0 aliphatic heterocycles. The predicted molar refractivity (Wildman–Crippen MR) is 160 cm³/mol. The highest BCUT2D eigenvalue weighted by Gasteiger charge is 2.40. The molecule has 4 amide bonds. The number of carbonyl (C=O) groups excluding carboxylic acids is 5. The Labute approximate surface area is 267 Å². The molecule has 0 aromatic heterocycles. The summed E-state index contributed by atoms with van der Waals surface area (Å²) in [6.07, 6.45) is -2.10. The van der Waals surface area contributed by atoms with Crippen LogP contribution in [0.5, 0.6) is 0 Å². The number of carboxylic acid groups (broad SMARTS) is 4. The lowest BCUT2D eigenvalue weighted by Gasteiger charge is -2.32. The molecule has 8 N–H and O–H groups in total. The number of benzene rings is 1. The summed E-state index contributed by atoms with van der Waals surface area (Å²) in [6.45, 7) is 3.66. The lowest BCUT2D eigenvalue weighted by atomic mass is 9.99. The minimum Gasteiger partial charge on any atom is -0.481 e. The van der Waals surface area contributed by atoms with Gasteiger partial charge >= 0.3 is 23.9 Å². The van der Waals surface area contributed by atoms with E-state index in [1.807, 2.05) is 30.3 Å². The van der Waals surface area contributed by atoms with E-state index in [1.54, 1.807) is 11.8 Å². The van der Waals surface area contributed by atoms with Gasteiger partial charge in [-0.25, -0.2) is 4.79 Å². The minimum atomic E-state index is -2.08. The number of imide groups is 1. The Morgan fingerprint density at radius 2 is 1.43 bits per heavy atom. The molecule has 4 atom stereocenters. The number of rotatable bonds is 18. The fourth-order valence-corrected chi connectivity index (χ4v) is 4.25. The van der Waals surface area contributed by atoms with Gasteiger partial charge in [0.1, 0.15) is 24.4 Å². The number of aldehydes is 1. The van der Waals surface area contributed by atoms with Crippen LogP contribution < -0.4 is 16.4 Å². The topological polar surface area (TPSA) is 288 Å². The molecule has 0 saturated heterocycles. The van der Waals surface area contributed by atoms with Gasteiger partial charge in [0.25, 0.3) is 5.91 Å². The molecule has 46 heavy (non-hydrogen) atoms. The smallest absolute Gasteiger partial charge is 0.327 e. The van der Waals surface area contributed by atoms with E-state index in [-0.39, 0.29) is 4.90 Å².